The summed E-state index contributed by atoms with van der Waals surface area (Å²) >= 11 is 0. The molecule has 6 nitrogen and oxygen atoms in total. The lowest BCUT2D eigenvalue weighted by molar-refractivity contribution is 0.0914. The van der Waals surface area contributed by atoms with Crippen LogP contribution in [0, 0.1) is 0 Å². The van der Waals surface area contributed by atoms with Gasteiger partial charge in [0.1, 0.15) is 0 Å². The smallest absolute Gasteiger partial charge is 0.261 e. The summed E-state index contributed by atoms with van der Waals surface area (Å²) < 4.78 is 27.5. The molecule has 160 valence electrons. The largest absolute Gasteiger partial charge is 0.349 e. The molecule has 1 aliphatic heterocycles. The first-order valence-corrected chi connectivity index (χ1v) is 11.7. The highest BCUT2D eigenvalue weighted by atomic mass is 32.2. The molecule has 2 aromatic rings. The van der Waals surface area contributed by atoms with Gasteiger partial charge in [0.2, 0.25) is 0 Å². The molecular weight excluding hydrogens is 398 g/mol. The molecule has 2 N–H and O–H groups in total. The summed E-state index contributed by atoms with van der Waals surface area (Å²) in [5.41, 5.74) is 2.27. The molecule has 2 aromatic carbocycles. The molecule has 30 heavy (non-hydrogen) atoms. The van der Waals surface area contributed by atoms with Gasteiger partial charge >= 0.3 is 0 Å². The van der Waals surface area contributed by atoms with Crippen molar-refractivity contribution in [3.05, 3.63) is 71.8 Å². The van der Waals surface area contributed by atoms with Gasteiger partial charge in [0.15, 0.2) is 0 Å². The Morgan fingerprint density at radius 3 is 2.27 bits per heavy atom. The first-order valence-electron chi connectivity index (χ1n) is 10.2. The van der Waals surface area contributed by atoms with Crippen LogP contribution in [0.2, 0.25) is 0 Å². The van der Waals surface area contributed by atoms with E-state index in [0.29, 0.717) is 11.3 Å². The van der Waals surface area contributed by atoms with Crippen LogP contribution in [0.25, 0.3) is 0 Å². The zero-order chi connectivity index (χ0) is 21.6. The van der Waals surface area contributed by atoms with Gasteiger partial charge in [-0.15, -0.1) is 0 Å². The van der Waals surface area contributed by atoms with E-state index in [1.54, 1.807) is 36.4 Å². The van der Waals surface area contributed by atoms with E-state index >= 15 is 0 Å². The van der Waals surface area contributed by atoms with Gasteiger partial charge in [0.05, 0.1) is 4.90 Å². The monoisotopic (exact) mass is 427 g/mol. The number of carbonyl (C=O) groups is 1. The number of carbonyl (C=O) groups excluding carboxylic acids is 1. The summed E-state index contributed by atoms with van der Waals surface area (Å²) in [6.07, 6.45) is 4.05. The van der Waals surface area contributed by atoms with Crippen LogP contribution in [-0.2, 0) is 10.0 Å². The van der Waals surface area contributed by atoms with Crippen molar-refractivity contribution in [1.29, 1.82) is 0 Å². The second-order valence-electron chi connectivity index (χ2n) is 7.83. The molecule has 7 heteroatoms. The predicted molar refractivity (Wildman–Crippen MR) is 120 cm³/mol. The van der Waals surface area contributed by atoms with Crippen molar-refractivity contribution in [2.24, 2.45) is 0 Å². The minimum atomic E-state index is -3.69. The van der Waals surface area contributed by atoms with Gasteiger partial charge in [-0.25, -0.2) is 8.42 Å². The average molecular weight is 428 g/mol. The maximum atomic E-state index is 12.6. The number of nitrogens with one attached hydrogen (secondary N) is 2. The molecule has 0 aliphatic carbocycles. The highest BCUT2D eigenvalue weighted by Gasteiger charge is 2.21. The molecule has 3 rings (SSSR count). The van der Waals surface area contributed by atoms with Crippen molar-refractivity contribution in [3.8, 4) is 0 Å². The molecule has 0 radical (unpaired) electrons. The fraction of sp³-hybridized carbons (Fsp3) is 0.348. The van der Waals surface area contributed by atoms with Crippen LogP contribution in [0.5, 0.6) is 0 Å². The number of piperidine rings is 1. The average Bonchev–Trinajstić information content (AvgIpc) is 2.73. The maximum Gasteiger partial charge on any atom is 0.261 e. The minimum absolute atomic E-state index is 0.121. The van der Waals surface area contributed by atoms with Crippen LogP contribution in [-0.4, -0.2) is 44.9 Å². The topological polar surface area (TPSA) is 78.5 Å². The standard InChI is InChI=1S/C23H29N3O3S/c1-18(2)12-15-26-16-13-20(14-17-26)24-23(27)19-8-10-22(11-9-19)30(28,29)25-21-6-4-3-5-7-21/h3-12,20,25H,13-17H2,1-2H3,(H,24,27). The highest BCUT2D eigenvalue weighted by molar-refractivity contribution is 7.92. The van der Waals surface area contributed by atoms with E-state index in [2.05, 4.69) is 34.9 Å². The molecule has 0 spiro atoms. The van der Waals surface area contributed by atoms with Crippen molar-refractivity contribution in [2.75, 3.05) is 24.4 Å². The number of rotatable bonds is 7. The van der Waals surface area contributed by atoms with Gasteiger partial charge in [-0.2, -0.15) is 0 Å². The third-order valence-corrected chi connectivity index (χ3v) is 6.53. The van der Waals surface area contributed by atoms with Crippen molar-refractivity contribution in [3.63, 3.8) is 0 Å². The van der Waals surface area contributed by atoms with Gasteiger partial charge in [-0.05, 0) is 63.1 Å². The lowest BCUT2D eigenvalue weighted by Crippen LogP contribution is -2.44. The Bertz CT molecular complexity index is 974. The Kier molecular flexibility index (Phi) is 7.29. The maximum absolute atomic E-state index is 12.6. The number of benzene rings is 2. The Morgan fingerprint density at radius 2 is 1.67 bits per heavy atom. The van der Waals surface area contributed by atoms with Crippen molar-refractivity contribution >= 4 is 21.6 Å². The van der Waals surface area contributed by atoms with E-state index in [1.165, 1.54) is 17.7 Å². The van der Waals surface area contributed by atoms with Gasteiger partial charge in [-0.1, -0.05) is 29.8 Å². The van der Waals surface area contributed by atoms with Crippen molar-refractivity contribution < 1.29 is 13.2 Å². The number of hydrogen-bond acceptors (Lipinski definition) is 4. The summed E-state index contributed by atoms with van der Waals surface area (Å²) in [4.78, 5) is 15.1. The highest BCUT2D eigenvalue weighted by Crippen LogP contribution is 2.17. The molecule has 1 saturated heterocycles. The lowest BCUT2D eigenvalue weighted by Gasteiger charge is -2.31. The Balaban J connectivity index is 1.55. The van der Waals surface area contributed by atoms with Gasteiger partial charge in [-0.3, -0.25) is 14.4 Å². The second kappa shape index (κ2) is 9.91. The Morgan fingerprint density at radius 1 is 1.03 bits per heavy atom. The fourth-order valence-electron chi connectivity index (χ4n) is 3.35. The summed E-state index contributed by atoms with van der Waals surface area (Å²) in [5.74, 6) is -0.169. The first kappa shape index (κ1) is 22.1. The molecule has 1 fully saturated rings. The third kappa shape index (κ3) is 6.18. The number of para-hydroxylation sites is 1. The van der Waals surface area contributed by atoms with E-state index in [4.69, 9.17) is 0 Å². The van der Waals surface area contributed by atoms with E-state index < -0.39 is 10.0 Å². The second-order valence-corrected chi connectivity index (χ2v) is 9.51. The molecule has 1 amide bonds. The molecule has 1 aliphatic rings. The van der Waals surface area contributed by atoms with E-state index in [1.807, 2.05) is 6.07 Å². The molecule has 0 bridgehead atoms. The van der Waals surface area contributed by atoms with Gasteiger partial charge in [0, 0.05) is 36.9 Å². The van der Waals surface area contributed by atoms with Crippen LogP contribution < -0.4 is 10.0 Å². The van der Waals surface area contributed by atoms with E-state index in [-0.39, 0.29) is 16.8 Å². The van der Waals surface area contributed by atoms with Crippen LogP contribution in [0.3, 0.4) is 0 Å². The summed E-state index contributed by atoms with van der Waals surface area (Å²) in [5, 5.41) is 3.07. The van der Waals surface area contributed by atoms with Crippen LogP contribution in [0.1, 0.15) is 37.0 Å². The lowest BCUT2D eigenvalue weighted by atomic mass is 10.0. The van der Waals surface area contributed by atoms with Gasteiger partial charge < -0.3 is 5.32 Å². The third-order valence-electron chi connectivity index (χ3n) is 5.13. The first-order chi connectivity index (χ1) is 14.3. The SMILES string of the molecule is CC(C)=CCN1CCC(NC(=O)c2ccc(S(=O)(=O)Nc3ccccc3)cc2)CC1. The molecule has 0 aromatic heterocycles. The number of nitrogens with zero attached hydrogens (tertiary/aromatic N) is 1. The number of allylic oxidation sites excluding steroid dienone is 1. The molecule has 0 saturated carbocycles. The summed E-state index contributed by atoms with van der Waals surface area (Å²) in [7, 11) is -3.69. The van der Waals surface area contributed by atoms with E-state index in [0.717, 1.165) is 32.5 Å². The summed E-state index contributed by atoms with van der Waals surface area (Å²) in [6, 6.07) is 14.9. The number of amides is 1. The minimum Gasteiger partial charge on any atom is -0.349 e. The number of likely N-dealkylation sites (tertiary alicyclic amines) is 1. The number of sulfonamides is 1. The number of hydrogen-bond donors (Lipinski definition) is 2. The predicted octanol–water partition coefficient (Wildman–Crippen LogP) is 3.65. The normalized spacial score (nSPS) is 15.4. The zero-order valence-electron chi connectivity index (χ0n) is 17.5. The fourth-order valence-corrected chi connectivity index (χ4v) is 4.40. The number of anilines is 1. The van der Waals surface area contributed by atoms with E-state index in [9.17, 15) is 13.2 Å². The molecule has 0 unspecified atom stereocenters. The zero-order valence-corrected chi connectivity index (χ0v) is 18.3. The Hall–Kier alpha value is -2.64. The van der Waals surface area contributed by atoms with Crippen LogP contribution in [0.15, 0.2) is 71.1 Å². The summed E-state index contributed by atoms with van der Waals surface area (Å²) in [6.45, 7) is 7.06. The quantitative estimate of drug-likeness (QED) is 0.661. The van der Waals surface area contributed by atoms with Crippen molar-refractivity contribution in [2.45, 2.75) is 37.6 Å². The molecular formula is C23H29N3O3S. The van der Waals surface area contributed by atoms with Crippen LogP contribution in [0.4, 0.5) is 5.69 Å². The molecule has 0 atom stereocenters. The van der Waals surface area contributed by atoms with Crippen LogP contribution >= 0.6 is 0 Å². The van der Waals surface area contributed by atoms with Crippen molar-refractivity contribution in [1.82, 2.24) is 10.2 Å². The Labute approximate surface area is 179 Å². The van der Waals surface area contributed by atoms with Gasteiger partial charge in [0.25, 0.3) is 15.9 Å². The molecule has 1 heterocycles.